The van der Waals surface area contributed by atoms with Crippen molar-refractivity contribution in [1.29, 1.82) is 0 Å². The fourth-order valence-corrected chi connectivity index (χ4v) is 3.21. The molecule has 0 heterocycles. The minimum Gasteiger partial charge on any atom is -0.389 e. The fraction of sp³-hybridized carbons (Fsp3) is 1.00. The molecular weight excluding hydrogens is 236 g/mol. The van der Waals surface area contributed by atoms with Gasteiger partial charge in [0.1, 0.15) is 0 Å². The molecule has 0 aromatic rings. The maximum Gasteiger partial charge on any atom is 0.0771 e. The average Bonchev–Trinajstić information content (AvgIpc) is 2.53. The SMILES string of the molecule is CC(C)N(CCNCC1(O)CCCCCC1)C(C)C. The third-order valence-corrected chi connectivity index (χ3v) is 4.36. The van der Waals surface area contributed by atoms with Crippen molar-refractivity contribution in [3.05, 3.63) is 0 Å². The van der Waals surface area contributed by atoms with Crippen molar-refractivity contribution in [1.82, 2.24) is 10.2 Å². The zero-order valence-electron chi connectivity index (χ0n) is 13.4. The van der Waals surface area contributed by atoms with E-state index in [1.165, 1.54) is 25.7 Å². The van der Waals surface area contributed by atoms with Gasteiger partial charge in [-0.3, -0.25) is 4.90 Å². The highest BCUT2D eigenvalue weighted by molar-refractivity contribution is 4.83. The largest absolute Gasteiger partial charge is 0.389 e. The van der Waals surface area contributed by atoms with Crippen LogP contribution < -0.4 is 5.32 Å². The van der Waals surface area contributed by atoms with Crippen molar-refractivity contribution in [2.24, 2.45) is 0 Å². The van der Waals surface area contributed by atoms with Gasteiger partial charge in [-0.15, -0.1) is 0 Å². The van der Waals surface area contributed by atoms with E-state index in [-0.39, 0.29) is 0 Å². The van der Waals surface area contributed by atoms with Gasteiger partial charge in [-0.2, -0.15) is 0 Å². The van der Waals surface area contributed by atoms with E-state index in [2.05, 4.69) is 37.9 Å². The topological polar surface area (TPSA) is 35.5 Å². The Kier molecular flexibility index (Phi) is 7.33. The van der Waals surface area contributed by atoms with Crippen molar-refractivity contribution in [2.45, 2.75) is 83.9 Å². The van der Waals surface area contributed by atoms with Gasteiger partial charge in [-0.05, 0) is 40.5 Å². The lowest BCUT2D eigenvalue weighted by atomic mass is 9.94. The maximum absolute atomic E-state index is 10.6. The monoisotopic (exact) mass is 270 g/mol. The van der Waals surface area contributed by atoms with Crippen LogP contribution in [0.5, 0.6) is 0 Å². The van der Waals surface area contributed by atoms with Gasteiger partial charge in [0, 0.05) is 31.7 Å². The Labute approximate surface area is 119 Å². The first kappa shape index (κ1) is 16.9. The summed E-state index contributed by atoms with van der Waals surface area (Å²) in [5, 5.41) is 14.0. The van der Waals surface area contributed by atoms with Crippen molar-refractivity contribution >= 4 is 0 Å². The van der Waals surface area contributed by atoms with E-state index in [9.17, 15) is 5.11 Å². The molecule has 0 atom stereocenters. The fourth-order valence-electron chi connectivity index (χ4n) is 3.21. The predicted molar refractivity (Wildman–Crippen MR) is 82.5 cm³/mol. The van der Waals surface area contributed by atoms with Crippen LogP contribution >= 0.6 is 0 Å². The second-order valence-electron chi connectivity index (χ2n) is 6.74. The van der Waals surface area contributed by atoms with Gasteiger partial charge in [-0.1, -0.05) is 25.7 Å². The normalized spacial score (nSPS) is 20.2. The van der Waals surface area contributed by atoms with Crippen LogP contribution in [0.15, 0.2) is 0 Å². The number of hydrogen-bond acceptors (Lipinski definition) is 3. The van der Waals surface area contributed by atoms with Crippen LogP contribution in [0.4, 0.5) is 0 Å². The summed E-state index contributed by atoms with van der Waals surface area (Å²) in [5.41, 5.74) is -0.447. The third-order valence-electron chi connectivity index (χ3n) is 4.36. The van der Waals surface area contributed by atoms with Gasteiger partial charge < -0.3 is 10.4 Å². The highest BCUT2D eigenvalue weighted by Crippen LogP contribution is 2.26. The summed E-state index contributed by atoms with van der Waals surface area (Å²) in [4.78, 5) is 2.49. The lowest BCUT2D eigenvalue weighted by molar-refractivity contribution is 0.0245. The zero-order chi connectivity index (χ0) is 14.3. The molecule has 0 unspecified atom stereocenters. The molecule has 0 bridgehead atoms. The van der Waals surface area contributed by atoms with Gasteiger partial charge in [0.15, 0.2) is 0 Å². The Bertz CT molecular complexity index is 225. The molecule has 3 heteroatoms. The first-order valence-corrected chi connectivity index (χ1v) is 8.13. The summed E-state index contributed by atoms with van der Waals surface area (Å²) in [7, 11) is 0. The Hall–Kier alpha value is -0.120. The molecule has 2 N–H and O–H groups in total. The van der Waals surface area contributed by atoms with E-state index in [0.717, 1.165) is 32.5 Å². The molecule has 114 valence electrons. The predicted octanol–water partition coefficient (Wildman–Crippen LogP) is 2.78. The second kappa shape index (κ2) is 8.23. The number of nitrogens with one attached hydrogen (secondary N) is 1. The Balaban J connectivity index is 2.25. The van der Waals surface area contributed by atoms with Crippen molar-refractivity contribution in [3.63, 3.8) is 0 Å². The number of aliphatic hydroxyl groups is 1. The highest BCUT2D eigenvalue weighted by Gasteiger charge is 2.27. The van der Waals surface area contributed by atoms with Gasteiger partial charge in [0.05, 0.1) is 5.60 Å². The molecule has 0 aromatic carbocycles. The molecule has 1 saturated carbocycles. The highest BCUT2D eigenvalue weighted by atomic mass is 16.3. The first-order valence-electron chi connectivity index (χ1n) is 8.13. The molecule has 0 saturated heterocycles. The molecule has 1 aliphatic carbocycles. The summed E-state index contributed by atoms with van der Waals surface area (Å²) in [6, 6.07) is 1.17. The molecule has 0 aromatic heterocycles. The summed E-state index contributed by atoms with van der Waals surface area (Å²) >= 11 is 0. The molecule has 0 spiro atoms. The second-order valence-corrected chi connectivity index (χ2v) is 6.74. The van der Waals surface area contributed by atoms with Crippen LogP contribution in [0.25, 0.3) is 0 Å². The molecule has 19 heavy (non-hydrogen) atoms. The molecule has 0 amide bonds. The third kappa shape index (κ3) is 6.24. The molecule has 0 radical (unpaired) electrons. The Morgan fingerprint density at radius 3 is 2.00 bits per heavy atom. The lowest BCUT2D eigenvalue weighted by Crippen LogP contribution is -2.45. The minimum atomic E-state index is -0.447. The van der Waals surface area contributed by atoms with Crippen LogP contribution in [-0.2, 0) is 0 Å². The number of hydrogen-bond donors (Lipinski definition) is 2. The minimum absolute atomic E-state index is 0.447. The average molecular weight is 270 g/mol. The van der Waals surface area contributed by atoms with Crippen molar-refractivity contribution in [3.8, 4) is 0 Å². The van der Waals surface area contributed by atoms with Gasteiger partial charge >= 0.3 is 0 Å². The van der Waals surface area contributed by atoms with E-state index >= 15 is 0 Å². The van der Waals surface area contributed by atoms with E-state index in [4.69, 9.17) is 0 Å². The van der Waals surface area contributed by atoms with Gasteiger partial charge in [0.2, 0.25) is 0 Å². The van der Waals surface area contributed by atoms with Crippen LogP contribution in [0.3, 0.4) is 0 Å². The molecule has 1 rings (SSSR count). The molecule has 0 aliphatic heterocycles. The summed E-state index contributed by atoms with van der Waals surface area (Å²) in [5.74, 6) is 0. The number of nitrogens with zero attached hydrogens (tertiary/aromatic N) is 1. The van der Waals surface area contributed by atoms with Gasteiger partial charge in [0.25, 0.3) is 0 Å². The zero-order valence-corrected chi connectivity index (χ0v) is 13.4. The van der Waals surface area contributed by atoms with Crippen LogP contribution in [-0.4, -0.2) is 47.3 Å². The van der Waals surface area contributed by atoms with Crippen LogP contribution in [0, 0.1) is 0 Å². The molecule has 3 nitrogen and oxygen atoms in total. The standard InChI is InChI=1S/C16H34N2O/c1-14(2)18(15(3)4)12-11-17-13-16(19)9-7-5-6-8-10-16/h14-15,17,19H,5-13H2,1-4H3. The summed E-state index contributed by atoms with van der Waals surface area (Å²) in [6.07, 6.45) is 6.88. The Morgan fingerprint density at radius 2 is 1.53 bits per heavy atom. The molecule has 1 aliphatic rings. The maximum atomic E-state index is 10.6. The van der Waals surface area contributed by atoms with Crippen molar-refractivity contribution < 1.29 is 5.11 Å². The van der Waals surface area contributed by atoms with Crippen LogP contribution in [0.1, 0.15) is 66.2 Å². The number of rotatable bonds is 7. The molecule has 1 fully saturated rings. The van der Waals surface area contributed by atoms with E-state index < -0.39 is 5.60 Å². The Morgan fingerprint density at radius 1 is 1.00 bits per heavy atom. The first-order chi connectivity index (χ1) is 8.94. The van der Waals surface area contributed by atoms with Gasteiger partial charge in [-0.25, -0.2) is 0 Å². The lowest BCUT2D eigenvalue weighted by Gasteiger charge is -2.32. The quantitative estimate of drug-likeness (QED) is 0.551. The summed E-state index contributed by atoms with van der Waals surface area (Å²) < 4.78 is 0. The molecular formula is C16H34N2O. The van der Waals surface area contributed by atoms with Crippen molar-refractivity contribution in [2.75, 3.05) is 19.6 Å². The van der Waals surface area contributed by atoms with E-state index in [0.29, 0.717) is 12.1 Å². The summed E-state index contributed by atoms with van der Waals surface area (Å²) in [6.45, 7) is 11.8. The van der Waals surface area contributed by atoms with E-state index in [1.54, 1.807) is 0 Å². The smallest absolute Gasteiger partial charge is 0.0771 e. The van der Waals surface area contributed by atoms with E-state index in [1.807, 2.05) is 0 Å². The van der Waals surface area contributed by atoms with Crippen LogP contribution in [0.2, 0.25) is 0 Å².